The highest BCUT2D eigenvalue weighted by Crippen LogP contribution is 2.25. The van der Waals surface area contributed by atoms with Crippen molar-refractivity contribution in [1.29, 1.82) is 0 Å². The Morgan fingerprint density at radius 1 is 0.964 bits per heavy atom. The Labute approximate surface area is 168 Å². The maximum absolute atomic E-state index is 10.8. The van der Waals surface area contributed by atoms with Gasteiger partial charge in [-0.15, -0.1) is 0 Å². The van der Waals surface area contributed by atoms with Crippen LogP contribution in [0.4, 0.5) is 0 Å². The minimum atomic E-state index is -3.90. The number of benzene rings is 2. The normalized spacial score (nSPS) is 11.9. The number of nitrogens with zero attached hydrogens (tertiary/aromatic N) is 1. The number of quaternary nitrogens is 1. The second-order valence-corrected chi connectivity index (χ2v) is 8.90. The van der Waals surface area contributed by atoms with Gasteiger partial charge in [-0.2, -0.15) is 8.42 Å². The molecular weight excluding hydrogens is 374 g/mol. The Morgan fingerprint density at radius 2 is 1.50 bits per heavy atom. The molecule has 0 radical (unpaired) electrons. The molecule has 2 rings (SSSR count). The van der Waals surface area contributed by atoms with Gasteiger partial charge in [-0.3, -0.25) is 4.55 Å². The van der Waals surface area contributed by atoms with Gasteiger partial charge >= 0.3 is 0 Å². The third-order valence-electron chi connectivity index (χ3n) is 4.32. The molecule has 0 unspecified atom stereocenters. The van der Waals surface area contributed by atoms with E-state index in [9.17, 15) is 8.42 Å². The minimum Gasteiger partial charge on any atom is -0.356 e. The molecule has 0 fully saturated rings. The molecular formula is C22H28NO4S+. The highest BCUT2D eigenvalue weighted by atomic mass is 32.2. The summed E-state index contributed by atoms with van der Waals surface area (Å²) in [4.78, 5) is 0. The van der Waals surface area contributed by atoms with E-state index in [1.807, 2.05) is 74.8 Å². The van der Waals surface area contributed by atoms with E-state index in [0.29, 0.717) is 30.6 Å². The summed E-state index contributed by atoms with van der Waals surface area (Å²) in [5.41, 5.74) is 2.16. The van der Waals surface area contributed by atoms with E-state index >= 15 is 0 Å². The van der Waals surface area contributed by atoms with Gasteiger partial charge in [0.2, 0.25) is 0 Å². The first-order valence-corrected chi connectivity index (χ1v) is 10.8. The predicted molar refractivity (Wildman–Crippen MR) is 111 cm³/mol. The zero-order valence-electron chi connectivity index (χ0n) is 16.4. The Kier molecular flexibility index (Phi) is 8.21. The van der Waals surface area contributed by atoms with Crippen LogP contribution < -0.4 is 0 Å². The van der Waals surface area contributed by atoms with Crippen LogP contribution >= 0.6 is 0 Å². The lowest BCUT2D eigenvalue weighted by atomic mass is 10.0. The van der Waals surface area contributed by atoms with Crippen LogP contribution in [0, 0.1) is 11.8 Å². The van der Waals surface area contributed by atoms with Gasteiger partial charge in [-0.1, -0.05) is 66.6 Å². The standard InChI is InChI=1S/C22H27NO4S/c1-23(2,17-11-19-28(24,25)26)16-9-10-18-27-22(20-12-5-3-6-13-20)21-14-7-4-8-15-21/h3-8,12-15,22H,11,16-19H2,1-2H3/p+1. The zero-order valence-corrected chi connectivity index (χ0v) is 17.2. The molecule has 6 heteroatoms. The molecule has 28 heavy (non-hydrogen) atoms. The SMILES string of the molecule is C[N+](C)(CC#CCOC(c1ccccc1)c1ccccc1)CCCS(=O)(=O)O. The van der Waals surface area contributed by atoms with Crippen molar-refractivity contribution in [3.05, 3.63) is 71.8 Å². The summed E-state index contributed by atoms with van der Waals surface area (Å²) in [7, 11) is 0.0608. The molecule has 150 valence electrons. The van der Waals surface area contributed by atoms with Gasteiger partial charge in [0.1, 0.15) is 19.3 Å². The van der Waals surface area contributed by atoms with E-state index in [-0.39, 0.29) is 11.9 Å². The average molecular weight is 403 g/mol. The molecule has 0 aromatic heterocycles. The monoisotopic (exact) mass is 402 g/mol. The number of ether oxygens (including phenoxy) is 1. The second-order valence-electron chi connectivity index (χ2n) is 7.32. The van der Waals surface area contributed by atoms with E-state index < -0.39 is 10.1 Å². The summed E-state index contributed by atoms with van der Waals surface area (Å²) in [6.07, 6.45) is 0.225. The fourth-order valence-electron chi connectivity index (χ4n) is 2.84. The first-order chi connectivity index (χ1) is 13.3. The van der Waals surface area contributed by atoms with Gasteiger partial charge in [-0.05, 0) is 17.0 Å². The number of hydrogen-bond acceptors (Lipinski definition) is 3. The van der Waals surface area contributed by atoms with Gasteiger partial charge in [0, 0.05) is 6.42 Å². The third-order valence-corrected chi connectivity index (χ3v) is 5.13. The van der Waals surface area contributed by atoms with Crippen molar-refractivity contribution in [2.24, 2.45) is 0 Å². The molecule has 0 spiro atoms. The second kappa shape index (κ2) is 10.4. The van der Waals surface area contributed by atoms with Crippen LogP contribution in [-0.2, 0) is 14.9 Å². The van der Waals surface area contributed by atoms with Crippen LogP contribution in [0.2, 0.25) is 0 Å². The topological polar surface area (TPSA) is 63.6 Å². The predicted octanol–water partition coefficient (Wildman–Crippen LogP) is 3.15. The quantitative estimate of drug-likeness (QED) is 0.398. The van der Waals surface area contributed by atoms with Crippen LogP contribution in [0.25, 0.3) is 0 Å². The van der Waals surface area contributed by atoms with Gasteiger partial charge in [0.25, 0.3) is 10.1 Å². The van der Waals surface area contributed by atoms with Crippen LogP contribution in [-0.4, -0.2) is 57.0 Å². The van der Waals surface area contributed by atoms with E-state index in [2.05, 4.69) is 11.8 Å². The van der Waals surface area contributed by atoms with Crippen LogP contribution in [0.15, 0.2) is 60.7 Å². The maximum atomic E-state index is 10.8. The van der Waals surface area contributed by atoms with Crippen molar-refractivity contribution in [1.82, 2.24) is 0 Å². The molecule has 0 aliphatic carbocycles. The zero-order chi connectivity index (χ0) is 20.5. The summed E-state index contributed by atoms with van der Waals surface area (Å²) >= 11 is 0. The Bertz CT molecular complexity index is 845. The Balaban J connectivity index is 1.91. The van der Waals surface area contributed by atoms with Crippen molar-refractivity contribution in [2.45, 2.75) is 12.5 Å². The Hall–Kier alpha value is -2.17. The molecule has 2 aromatic rings. The van der Waals surface area contributed by atoms with Gasteiger partial charge < -0.3 is 9.22 Å². The molecule has 0 heterocycles. The van der Waals surface area contributed by atoms with Crippen LogP contribution in [0.5, 0.6) is 0 Å². The van der Waals surface area contributed by atoms with Crippen LogP contribution in [0.3, 0.4) is 0 Å². The highest BCUT2D eigenvalue weighted by Gasteiger charge is 2.16. The lowest BCUT2D eigenvalue weighted by Gasteiger charge is -2.27. The molecule has 0 saturated carbocycles. The van der Waals surface area contributed by atoms with Crippen molar-refractivity contribution in [3.63, 3.8) is 0 Å². The molecule has 0 saturated heterocycles. The smallest absolute Gasteiger partial charge is 0.265 e. The Morgan fingerprint density at radius 3 is 2.00 bits per heavy atom. The lowest BCUT2D eigenvalue weighted by molar-refractivity contribution is -0.883. The van der Waals surface area contributed by atoms with Crippen molar-refractivity contribution >= 4 is 10.1 Å². The molecule has 0 aliphatic rings. The van der Waals surface area contributed by atoms with E-state index in [1.165, 1.54) is 0 Å². The van der Waals surface area contributed by atoms with Crippen molar-refractivity contribution in [2.75, 3.05) is 39.5 Å². The summed E-state index contributed by atoms with van der Waals surface area (Å²) in [5.74, 6) is 5.96. The highest BCUT2D eigenvalue weighted by molar-refractivity contribution is 7.85. The van der Waals surface area contributed by atoms with E-state index in [4.69, 9.17) is 9.29 Å². The average Bonchev–Trinajstić information content (AvgIpc) is 2.65. The largest absolute Gasteiger partial charge is 0.356 e. The molecule has 0 amide bonds. The molecule has 5 nitrogen and oxygen atoms in total. The van der Waals surface area contributed by atoms with Crippen molar-refractivity contribution in [3.8, 4) is 11.8 Å². The lowest BCUT2D eigenvalue weighted by Crippen LogP contribution is -2.41. The molecule has 0 aliphatic heterocycles. The fourth-order valence-corrected chi connectivity index (χ4v) is 3.33. The fraction of sp³-hybridized carbons (Fsp3) is 0.364. The van der Waals surface area contributed by atoms with E-state index in [1.54, 1.807) is 0 Å². The summed E-state index contributed by atoms with van der Waals surface area (Å²) in [6.45, 7) is 1.50. The number of rotatable bonds is 9. The summed E-state index contributed by atoms with van der Waals surface area (Å²) in [5, 5.41) is 0. The molecule has 1 N–H and O–H groups in total. The summed E-state index contributed by atoms with van der Waals surface area (Å²) < 4.78 is 37.1. The van der Waals surface area contributed by atoms with Gasteiger partial charge in [0.15, 0.2) is 0 Å². The van der Waals surface area contributed by atoms with E-state index in [0.717, 1.165) is 11.1 Å². The first-order valence-electron chi connectivity index (χ1n) is 9.21. The molecule has 2 aromatic carbocycles. The van der Waals surface area contributed by atoms with Crippen LogP contribution in [0.1, 0.15) is 23.7 Å². The minimum absolute atomic E-state index is 0.172. The van der Waals surface area contributed by atoms with Crippen molar-refractivity contribution < 1.29 is 22.2 Å². The third kappa shape index (κ3) is 8.24. The summed E-state index contributed by atoms with van der Waals surface area (Å²) in [6, 6.07) is 20.1. The first kappa shape index (κ1) is 22.1. The van der Waals surface area contributed by atoms with Gasteiger partial charge in [0.05, 0.1) is 26.4 Å². The maximum Gasteiger partial charge on any atom is 0.265 e. The molecule has 0 atom stereocenters. The van der Waals surface area contributed by atoms with Gasteiger partial charge in [-0.25, -0.2) is 0 Å². The number of hydrogen-bond donors (Lipinski definition) is 1. The molecule has 0 bridgehead atoms.